The Kier molecular flexibility index (Phi) is 9.60. The zero-order valence-electron chi connectivity index (χ0n) is 17.2. The summed E-state index contributed by atoms with van der Waals surface area (Å²) in [4.78, 5) is 9.85. The maximum atomic E-state index is 5.96. The number of fused-ring (bicyclic) bond motifs is 3. The van der Waals surface area contributed by atoms with Crippen molar-refractivity contribution in [3.05, 3.63) is 24.3 Å². The molecule has 2 bridgehead atoms. The van der Waals surface area contributed by atoms with E-state index in [0.717, 1.165) is 37.1 Å². The average molecular weight is 503 g/mol. The second-order valence-corrected chi connectivity index (χ2v) is 7.20. The third kappa shape index (κ3) is 6.66. The molecular formula is C20H34IN5O2. The van der Waals surface area contributed by atoms with Gasteiger partial charge in [0.1, 0.15) is 17.6 Å². The van der Waals surface area contributed by atoms with Crippen LogP contribution in [0.15, 0.2) is 29.3 Å². The van der Waals surface area contributed by atoms with Crippen LogP contribution in [0.4, 0.5) is 0 Å². The monoisotopic (exact) mass is 503 g/mol. The Morgan fingerprint density at radius 2 is 1.96 bits per heavy atom. The smallest absolute Gasteiger partial charge is 0.191 e. The van der Waals surface area contributed by atoms with Gasteiger partial charge in [-0.3, -0.25) is 9.80 Å². The molecule has 3 aliphatic rings. The maximum absolute atomic E-state index is 5.96. The fraction of sp³-hybridized carbons (Fsp3) is 0.650. The van der Waals surface area contributed by atoms with Gasteiger partial charge in [0.05, 0.1) is 13.7 Å². The second kappa shape index (κ2) is 11.7. The van der Waals surface area contributed by atoms with E-state index < -0.39 is 0 Å². The van der Waals surface area contributed by atoms with Crippen molar-refractivity contribution in [1.82, 2.24) is 20.4 Å². The molecule has 7 nitrogen and oxygen atoms in total. The van der Waals surface area contributed by atoms with Crippen LogP contribution >= 0.6 is 24.0 Å². The Morgan fingerprint density at radius 3 is 2.61 bits per heavy atom. The molecule has 0 radical (unpaired) electrons. The molecule has 0 spiro atoms. The molecule has 8 heteroatoms. The van der Waals surface area contributed by atoms with E-state index in [1.807, 2.05) is 31.2 Å². The van der Waals surface area contributed by atoms with Gasteiger partial charge in [0.15, 0.2) is 5.96 Å². The molecule has 0 aromatic heterocycles. The van der Waals surface area contributed by atoms with Gasteiger partial charge >= 0.3 is 0 Å². The molecule has 2 unspecified atom stereocenters. The van der Waals surface area contributed by atoms with Gasteiger partial charge in [0.2, 0.25) is 0 Å². The fourth-order valence-corrected chi connectivity index (χ4v) is 3.64. The highest BCUT2D eigenvalue weighted by atomic mass is 127. The van der Waals surface area contributed by atoms with Gasteiger partial charge in [-0.25, -0.2) is 4.99 Å². The number of piperazine rings is 3. The van der Waals surface area contributed by atoms with Gasteiger partial charge in [0.25, 0.3) is 0 Å². The average Bonchev–Trinajstić information content (AvgIpc) is 2.71. The first-order valence-electron chi connectivity index (χ1n) is 9.97. The minimum atomic E-state index is -0.0203. The molecule has 0 saturated carbocycles. The van der Waals surface area contributed by atoms with Gasteiger partial charge in [-0.05, 0) is 26.0 Å². The summed E-state index contributed by atoms with van der Waals surface area (Å²) < 4.78 is 11.2. The van der Waals surface area contributed by atoms with Crippen LogP contribution in [0.1, 0.15) is 13.8 Å². The van der Waals surface area contributed by atoms with Crippen molar-refractivity contribution in [3.8, 4) is 11.5 Å². The van der Waals surface area contributed by atoms with Crippen molar-refractivity contribution in [3.63, 3.8) is 0 Å². The number of ether oxygens (including phenoxy) is 2. The van der Waals surface area contributed by atoms with Crippen LogP contribution in [0.5, 0.6) is 11.5 Å². The molecule has 3 fully saturated rings. The topological polar surface area (TPSA) is 61.4 Å². The molecule has 1 aromatic carbocycles. The molecule has 0 aliphatic carbocycles. The van der Waals surface area contributed by atoms with E-state index >= 15 is 0 Å². The van der Waals surface area contributed by atoms with Crippen LogP contribution in [-0.4, -0.2) is 87.4 Å². The number of benzene rings is 1. The van der Waals surface area contributed by atoms with E-state index in [1.54, 1.807) is 7.11 Å². The molecule has 3 saturated heterocycles. The zero-order chi connectivity index (χ0) is 19.1. The lowest BCUT2D eigenvalue weighted by Crippen LogP contribution is -2.63. The summed E-state index contributed by atoms with van der Waals surface area (Å²) in [5.74, 6) is 2.46. The lowest BCUT2D eigenvalue weighted by molar-refractivity contribution is 0.0154. The Bertz CT molecular complexity index is 622. The minimum absolute atomic E-state index is 0. The van der Waals surface area contributed by atoms with E-state index in [2.05, 4.69) is 27.4 Å². The van der Waals surface area contributed by atoms with Gasteiger partial charge in [0, 0.05) is 57.9 Å². The fourth-order valence-electron chi connectivity index (χ4n) is 3.64. The van der Waals surface area contributed by atoms with Crippen molar-refractivity contribution in [2.45, 2.75) is 26.0 Å². The summed E-state index contributed by atoms with van der Waals surface area (Å²) in [5, 5.41) is 6.84. The zero-order valence-corrected chi connectivity index (χ0v) is 19.5. The van der Waals surface area contributed by atoms with E-state index in [4.69, 9.17) is 14.5 Å². The van der Waals surface area contributed by atoms with Crippen molar-refractivity contribution >= 4 is 29.9 Å². The van der Waals surface area contributed by atoms with Crippen LogP contribution < -0.4 is 20.1 Å². The predicted molar refractivity (Wildman–Crippen MR) is 124 cm³/mol. The first kappa shape index (κ1) is 23.0. The Labute approximate surface area is 185 Å². The molecule has 2 N–H and O–H groups in total. The lowest BCUT2D eigenvalue weighted by atomic mass is 10.1. The highest BCUT2D eigenvalue weighted by Gasteiger charge is 2.31. The number of guanidine groups is 1. The van der Waals surface area contributed by atoms with E-state index in [0.29, 0.717) is 12.6 Å². The second-order valence-electron chi connectivity index (χ2n) is 7.20. The number of rotatable bonds is 8. The van der Waals surface area contributed by atoms with Crippen LogP contribution in [0.3, 0.4) is 0 Å². The SMILES string of the molecule is CCNC(=NCC(C)Oc1cccc(OC)c1)NCC1CN2CCN1CC2.I. The molecule has 3 aliphatic heterocycles. The Balaban J connectivity index is 0.00000280. The highest BCUT2D eigenvalue weighted by Crippen LogP contribution is 2.20. The first-order chi connectivity index (χ1) is 13.2. The molecule has 1 aromatic rings. The molecule has 158 valence electrons. The number of halogens is 1. The number of aliphatic imine (C=N–C) groups is 1. The summed E-state index contributed by atoms with van der Waals surface area (Å²) in [6, 6.07) is 8.24. The van der Waals surface area contributed by atoms with Crippen LogP contribution in [-0.2, 0) is 0 Å². The van der Waals surface area contributed by atoms with Gasteiger partial charge in [-0.15, -0.1) is 24.0 Å². The predicted octanol–water partition coefficient (Wildman–Crippen LogP) is 1.64. The van der Waals surface area contributed by atoms with Crippen LogP contribution in [0, 0.1) is 0 Å². The standard InChI is InChI=1S/C20H33N5O2.HI/c1-4-21-20(23-14-17-15-24-8-10-25(17)11-9-24)22-13-16(2)27-19-7-5-6-18(12-19)26-3;/h5-7,12,16-17H,4,8-11,13-15H2,1-3H3,(H2,21,22,23);1H. The van der Waals surface area contributed by atoms with Crippen molar-refractivity contribution in [1.29, 1.82) is 0 Å². The molecule has 28 heavy (non-hydrogen) atoms. The third-order valence-corrected chi connectivity index (χ3v) is 5.13. The van der Waals surface area contributed by atoms with E-state index in [-0.39, 0.29) is 30.1 Å². The maximum Gasteiger partial charge on any atom is 0.191 e. The molecule has 4 rings (SSSR count). The number of hydrogen-bond acceptors (Lipinski definition) is 5. The highest BCUT2D eigenvalue weighted by molar-refractivity contribution is 14.0. The van der Waals surface area contributed by atoms with Gasteiger partial charge in [-0.2, -0.15) is 0 Å². The summed E-state index contributed by atoms with van der Waals surface area (Å²) in [6.07, 6.45) is -0.0203. The number of nitrogens with one attached hydrogen (secondary N) is 2. The number of hydrogen-bond donors (Lipinski definition) is 2. The number of nitrogens with zero attached hydrogens (tertiary/aromatic N) is 3. The van der Waals surface area contributed by atoms with Gasteiger partial charge in [-0.1, -0.05) is 6.07 Å². The van der Waals surface area contributed by atoms with Gasteiger partial charge < -0.3 is 20.1 Å². The van der Waals surface area contributed by atoms with Crippen LogP contribution in [0.25, 0.3) is 0 Å². The Morgan fingerprint density at radius 1 is 1.21 bits per heavy atom. The minimum Gasteiger partial charge on any atom is -0.497 e. The molecular weight excluding hydrogens is 469 g/mol. The Hall–Kier alpha value is -1.26. The van der Waals surface area contributed by atoms with E-state index in [1.165, 1.54) is 26.2 Å². The normalized spacial score (nSPS) is 24.8. The van der Waals surface area contributed by atoms with Crippen LogP contribution in [0.2, 0.25) is 0 Å². The summed E-state index contributed by atoms with van der Waals surface area (Å²) in [7, 11) is 1.66. The van der Waals surface area contributed by atoms with Crippen molar-refractivity contribution in [2.24, 2.45) is 4.99 Å². The van der Waals surface area contributed by atoms with Crippen molar-refractivity contribution < 1.29 is 9.47 Å². The lowest BCUT2D eigenvalue weighted by Gasteiger charge is -2.47. The molecule has 3 heterocycles. The van der Waals surface area contributed by atoms with Crippen molar-refractivity contribution in [2.75, 3.05) is 59.5 Å². The summed E-state index contributed by atoms with van der Waals surface area (Å²) in [6.45, 7) is 12.4. The number of methoxy groups -OCH3 is 1. The largest absolute Gasteiger partial charge is 0.497 e. The molecule has 0 amide bonds. The summed E-state index contributed by atoms with van der Waals surface area (Å²) in [5.41, 5.74) is 0. The quantitative estimate of drug-likeness (QED) is 0.320. The van der Waals surface area contributed by atoms with E-state index in [9.17, 15) is 0 Å². The first-order valence-corrected chi connectivity index (χ1v) is 9.97. The third-order valence-electron chi connectivity index (χ3n) is 5.13. The molecule has 2 atom stereocenters. The summed E-state index contributed by atoms with van der Waals surface area (Å²) >= 11 is 0.